The Labute approximate surface area is 136 Å². The summed E-state index contributed by atoms with van der Waals surface area (Å²) in [5, 5.41) is 6.25. The first-order valence-corrected chi connectivity index (χ1v) is 12.7. The fraction of sp³-hybridized carbons (Fsp3) is 0.200. The summed E-state index contributed by atoms with van der Waals surface area (Å²) in [4.78, 5) is 0. The Hall–Kier alpha value is -1.43. The topological polar surface area (TPSA) is 0 Å². The fourth-order valence-corrected chi connectivity index (χ4v) is 8.31. The molecule has 0 aromatic heterocycles. The zero-order valence-electron chi connectivity index (χ0n) is 13.6. The van der Waals surface area contributed by atoms with Gasteiger partial charge in [-0.1, -0.05) is 97.7 Å². The summed E-state index contributed by atoms with van der Waals surface area (Å²) in [5.41, 5.74) is 0. The highest BCUT2D eigenvalue weighted by Crippen LogP contribution is 2.49. The molecule has 0 radical (unpaired) electrons. The smallest absolute Gasteiger partial charge is 0.0737 e. The summed E-state index contributed by atoms with van der Waals surface area (Å²) in [6.45, 7) is 7.41. The molecule has 0 bridgehead atoms. The first-order valence-electron chi connectivity index (χ1n) is 7.88. The lowest BCUT2D eigenvalue weighted by atomic mass is 10.4. The van der Waals surface area contributed by atoms with Crippen molar-refractivity contribution in [1.29, 1.82) is 0 Å². The van der Waals surface area contributed by atoms with E-state index in [2.05, 4.69) is 92.5 Å². The maximum absolute atomic E-state index is 2.47. The van der Waals surface area contributed by atoms with Crippen molar-refractivity contribution >= 4 is 26.6 Å². The first-order chi connectivity index (χ1) is 10.6. The largest absolute Gasteiger partial charge is 0.0802 e. The van der Waals surface area contributed by atoms with Crippen molar-refractivity contribution in [3.05, 3.63) is 83.3 Å². The third-order valence-electron chi connectivity index (χ3n) is 4.08. The van der Waals surface area contributed by atoms with Gasteiger partial charge in [-0.05, 0) is 30.3 Å². The molecule has 112 valence electrons. The number of hydrogen-bond donors (Lipinski definition) is 0. The van der Waals surface area contributed by atoms with Crippen LogP contribution in [0, 0.1) is 0 Å². The Bertz CT molecular complexity index is 654. The van der Waals surface area contributed by atoms with Crippen LogP contribution in [-0.4, -0.2) is 8.07 Å². The van der Waals surface area contributed by atoms with E-state index in [1.54, 1.807) is 10.5 Å². The van der Waals surface area contributed by atoms with Crippen LogP contribution in [0.2, 0.25) is 19.6 Å². The van der Waals surface area contributed by atoms with Gasteiger partial charge in [0.15, 0.2) is 0 Å². The van der Waals surface area contributed by atoms with Crippen LogP contribution in [0.4, 0.5) is 0 Å². The molecule has 0 nitrogen and oxygen atoms in total. The van der Waals surface area contributed by atoms with Crippen molar-refractivity contribution in [2.45, 2.75) is 26.1 Å². The SMILES string of the molecule is C[Si](C)(C)C1=C(P(c2ccccc2)c2ccccc2)C=CC1. The number of hydrogen-bond acceptors (Lipinski definition) is 0. The van der Waals surface area contributed by atoms with Gasteiger partial charge >= 0.3 is 0 Å². The molecule has 0 fully saturated rings. The normalized spacial score (nSPS) is 14.9. The molecule has 0 amide bonds. The summed E-state index contributed by atoms with van der Waals surface area (Å²) in [6.07, 6.45) is 5.92. The van der Waals surface area contributed by atoms with Crippen LogP contribution in [0.3, 0.4) is 0 Å². The third kappa shape index (κ3) is 3.16. The Morgan fingerprint density at radius 3 is 1.73 bits per heavy atom. The van der Waals surface area contributed by atoms with E-state index in [-0.39, 0.29) is 0 Å². The molecule has 0 heterocycles. The highest BCUT2D eigenvalue weighted by atomic mass is 31.1. The summed E-state index contributed by atoms with van der Waals surface area (Å²) >= 11 is 0. The molecule has 0 N–H and O–H groups in total. The van der Waals surface area contributed by atoms with Gasteiger partial charge in [0.1, 0.15) is 0 Å². The quantitative estimate of drug-likeness (QED) is 0.535. The Morgan fingerprint density at radius 1 is 0.773 bits per heavy atom. The van der Waals surface area contributed by atoms with Crippen molar-refractivity contribution < 1.29 is 0 Å². The molecule has 1 aliphatic rings. The number of rotatable bonds is 4. The van der Waals surface area contributed by atoms with Crippen LogP contribution < -0.4 is 10.6 Å². The molecule has 2 aromatic rings. The Kier molecular flexibility index (Phi) is 4.47. The average Bonchev–Trinajstić information content (AvgIpc) is 2.99. The van der Waals surface area contributed by atoms with Gasteiger partial charge in [0.2, 0.25) is 0 Å². The van der Waals surface area contributed by atoms with Gasteiger partial charge in [0.05, 0.1) is 8.07 Å². The third-order valence-corrected chi connectivity index (χ3v) is 9.11. The monoisotopic (exact) mass is 322 g/mol. The van der Waals surface area contributed by atoms with E-state index >= 15 is 0 Å². The fourth-order valence-electron chi connectivity index (χ4n) is 2.97. The predicted molar refractivity (Wildman–Crippen MR) is 103 cm³/mol. The zero-order chi connectivity index (χ0) is 15.6. The second kappa shape index (κ2) is 6.36. The number of allylic oxidation sites excluding steroid dienone is 4. The molecule has 0 atom stereocenters. The minimum atomic E-state index is -1.28. The average molecular weight is 322 g/mol. The number of benzene rings is 2. The van der Waals surface area contributed by atoms with Crippen LogP contribution in [0.1, 0.15) is 6.42 Å². The van der Waals surface area contributed by atoms with Gasteiger partial charge in [0.25, 0.3) is 0 Å². The van der Waals surface area contributed by atoms with E-state index in [0.717, 1.165) is 6.42 Å². The second-order valence-corrected chi connectivity index (χ2v) is 14.0. The molecule has 2 aromatic carbocycles. The van der Waals surface area contributed by atoms with E-state index in [4.69, 9.17) is 0 Å². The van der Waals surface area contributed by atoms with Gasteiger partial charge in [-0.3, -0.25) is 0 Å². The summed E-state index contributed by atoms with van der Waals surface area (Å²) in [7, 11) is -1.71. The minimum Gasteiger partial charge on any atom is -0.0802 e. The Balaban J connectivity index is 2.17. The van der Waals surface area contributed by atoms with Gasteiger partial charge in [-0.25, -0.2) is 0 Å². The van der Waals surface area contributed by atoms with Crippen LogP contribution in [0.5, 0.6) is 0 Å². The van der Waals surface area contributed by atoms with Crippen LogP contribution in [0.15, 0.2) is 83.3 Å². The second-order valence-electron chi connectivity index (χ2n) is 6.73. The molecule has 3 rings (SSSR count). The minimum absolute atomic E-state index is 0.428. The van der Waals surface area contributed by atoms with Gasteiger partial charge in [-0.15, -0.1) is 0 Å². The maximum Gasteiger partial charge on any atom is 0.0737 e. The van der Waals surface area contributed by atoms with E-state index in [1.807, 2.05) is 0 Å². The van der Waals surface area contributed by atoms with Crippen molar-refractivity contribution in [1.82, 2.24) is 0 Å². The molecular weight excluding hydrogens is 299 g/mol. The molecule has 2 heteroatoms. The Morgan fingerprint density at radius 2 is 1.27 bits per heavy atom. The molecular formula is C20H23PSi. The van der Waals surface area contributed by atoms with Gasteiger partial charge in [-0.2, -0.15) is 0 Å². The highest BCUT2D eigenvalue weighted by molar-refractivity contribution is 7.77. The predicted octanol–water partition coefficient (Wildman–Crippen LogP) is 5.21. The van der Waals surface area contributed by atoms with Crippen molar-refractivity contribution in [3.63, 3.8) is 0 Å². The van der Waals surface area contributed by atoms with Crippen LogP contribution >= 0.6 is 7.92 Å². The molecule has 22 heavy (non-hydrogen) atoms. The first kappa shape index (κ1) is 15.5. The molecule has 1 aliphatic carbocycles. The standard InChI is InChI=1S/C20H23PSi/c1-22(2,3)20-16-10-15-19(20)21(17-11-6-4-7-12-17)18-13-8-5-9-14-18/h4-15H,16H2,1-3H3. The molecule has 0 saturated carbocycles. The molecule has 0 aliphatic heterocycles. The van der Waals surface area contributed by atoms with E-state index < -0.39 is 16.0 Å². The summed E-state index contributed by atoms with van der Waals surface area (Å²) in [6, 6.07) is 22.1. The van der Waals surface area contributed by atoms with Crippen molar-refractivity contribution in [3.8, 4) is 0 Å². The van der Waals surface area contributed by atoms with Gasteiger partial charge < -0.3 is 0 Å². The lowest BCUT2D eigenvalue weighted by molar-refractivity contribution is 1.35. The lowest BCUT2D eigenvalue weighted by Crippen LogP contribution is -2.25. The highest BCUT2D eigenvalue weighted by Gasteiger charge is 2.29. The summed E-state index contributed by atoms with van der Waals surface area (Å²) in [5.74, 6) is 0. The van der Waals surface area contributed by atoms with E-state index in [0.29, 0.717) is 0 Å². The van der Waals surface area contributed by atoms with Gasteiger partial charge in [0, 0.05) is 0 Å². The summed E-state index contributed by atoms with van der Waals surface area (Å²) < 4.78 is 0. The lowest BCUT2D eigenvalue weighted by Gasteiger charge is -2.26. The molecule has 0 unspecified atom stereocenters. The van der Waals surface area contributed by atoms with E-state index in [9.17, 15) is 0 Å². The van der Waals surface area contributed by atoms with Crippen LogP contribution in [-0.2, 0) is 0 Å². The zero-order valence-corrected chi connectivity index (χ0v) is 15.5. The van der Waals surface area contributed by atoms with Crippen molar-refractivity contribution in [2.24, 2.45) is 0 Å². The van der Waals surface area contributed by atoms with Crippen LogP contribution in [0.25, 0.3) is 0 Å². The van der Waals surface area contributed by atoms with Crippen molar-refractivity contribution in [2.75, 3.05) is 0 Å². The molecule has 0 saturated heterocycles. The maximum atomic E-state index is 2.47. The van der Waals surface area contributed by atoms with E-state index in [1.165, 1.54) is 10.6 Å². The molecule has 0 spiro atoms.